The first-order valence-electron chi connectivity index (χ1n) is 6.84. The highest BCUT2D eigenvalue weighted by Gasteiger charge is 2.11. The molecule has 0 bridgehead atoms. The Morgan fingerprint density at radius 2 is 2.12 bits per heavy atom. The Labute approximate surface area is 149 Å². The molecular formula is C15H11BrN4O3S. The lowest BCUT2D eigenvalue weighted by atomic mass is 10.3. The van der Waals surface area contributed by atoms with E-state index in [1.165, 1.54) is 23.9 Å². The number of imidazole rings is 1. The van der Waals surface area contributed by atoms with Crippen molar-refractivity contribution >= 4 is 56.0 Å². The lowest BCUT2D eigenvalue weighted by molar-refractivity contribution is -0.384. The fourth-order valence-electron chi connectivity index (χ4n) is 2.04. The molecule has 122 valence electrons. The van der Waals surface area contributed by atoms with Crippen molar-refractivity contribution in [3.63, 3.8) is 0 Å². The van der Waals surface area contributed by atoms with Gasteiger partial charge in [0.25, 0.3) is 5.69 Å². The molecule has 2 N–H and O–H groups in total. The van der Waals surface area contributed by atoms with Crippen LogP contribution in [0.25, 0.3) is 11.0 Å². The van der Waals surface area contributed by atoms with Gasteiger partial charge < -0.3 is 10.3 Å². The number of nitro groups is 1. The number of nitrogens with one attached hydrogen (secondary N) is 2. The third-order valence-corrected chi connectivity index (χ3v) is 4.71. The molecule has 0 saturated heterocycles. The summed E-state index contributed by atoms with van der Waals surface area (Å²) in [4.78, 5) is 29.6. The number of aromatic nitrogens is 2. The zero-order chi connectivity index (χ0) is 17.1. The molecule has 0 saturated carbocycles. The van der Waals surface area contributed by atoms with E-state index in [0.29, 0.717) is 21.9 Å². The number of carbonyl (C=O) groups excluding carboxylic acids is 1. The van der Waals surface area contributed by atoms with Crippen LogP contribution < -0.4 is 5.32 Å². The molecule has 7 nitrogen and oxygen atoms in total. The highest BCUT2D eigenvalue weighted by molar-refractivity contribution is 9.10. The van der Waals surface area contributed by atoms with Crippen LogP contribution in [-0.4, -0.2) is 26.6 Å². The van der Waals surface area contributed by atoms with Gasteiger partial charge >= 0.3 is 0 Å². The summed E-state index contributed by atoms with van der Waals surface area (Å²) in [5.74, 6) is 0.00168. The fraction of sp³-hybridized carbons (Fsp3) is 0.0667. The van der Waals surface area contributed by atoms with Gasteiger partial charge in [-0.15, -0.1) is 0 Å². The molecule has 0 spiro atoms. The van der Waals surface area contributed by atoms with Gasteiger partial charge in [-0.1, -0.05) is 23.9 Å². The largest absolute Gasteiger partial charge is 0.333 e. The minimum Gasteiger partial charge on any atom is -0.333 e. The summed E-state index contributed by atoms with van der Waals surface area (Å²) in [7, 11) is 0. The summed E-state index contributed by atoms with van der Waals surface area (Å²) < 4.78 is 0.805. The molecule has 0 atom stereocenters. The van der Waals surface area contributed by atoms with Crippen molar-refractivity contribution in [1.29, 1.82) is 0 Å². The van der Waals surface area contributed by atoms with Gasteiger partial charge in [-0.05, 0) is 34.1 Å². The summed E-state index contributed by atoms with van der Waals surface area (Å²) >= 11 is 4.60. The van der Waals surface area contributed by atoms with Gasteiger partial charge in [0.2, 0.25) is 5.91 Å². The Morgan fingerprint density at radius 1 is 1.33 bits per heavy atom. The molecule has 3 rings (SSSR count). The Morgan fingerprint density at radius 3 is 2.88 bits per heavy atom. The third kappa shape index (κ3) is 3.74. The van der Waals surface area contributed by atoms with Gasteiger partial charge in [0.1, 0.15) is 0 Å². The average molecular weight is 407 g/mol. The molecule has 0 fully saturated rings. The number of rotatable bonds is 5. The number of benzene rings is 2. The van der Waals surface area contributed by atoms with Gasteiger partial charge in [-0.3, -0.25) is 14.9 Å². The zero-order valence-corrected chi connectivity index (χ0v) is 14.6. The van der Waals surface area contributed by atoms with Crippen LogP contribution in [0.5, 0.6) is 0 Å². The maximum absolute atomic E-state index is 12.0. The van der Waals surface area contributed by atoms with Gasteiger partial charge in [0.05, 0.1) is 27.4 Å². The number of fused-ring (bicyclic) bond motifs is 1. The molecule has 0 aliphatic heterocycles. The summed E-state index contributed by atoms with van der Waals surface area (Å²) in [6.45, 7) is 0. The second kappa shape index (κ2) is 7.02. The van der Waals surface area contributed by atoms with Crippen molar-refractivity contribution in [2.24, 2.45) is 0 Å². The minimum atomic E-state index is -0.460. The topological polar surface area (TPSA) is 101 Å². The minimum absolute atomic E-state index is 0.00521. The molecule has 1 heterocycles. The Balaban J connectivity index is 1.66. The second-order valence-electron chi connectivity index (χ2n) is 4.82. The van der Waals surface area contributed by atoms with E-state index in [1.54, 1.807) is 12.1 Å². The number of nitro benzene ring substituents is 1. The van der Waals surface area contributed by atoms with Crippen molar-refractivity contribution in [2.45, 2.75) is 5.16 Å². The number of non-ortho nitro benzene ring substituents is 1. The highest BCUT2D eigenvalue weighted by Crippen LogP contribution is 2.24. The number of hydrogen-bond donors (Lipinski definition) is 2. The van der Waals surface area contributed by atoms with E-state index in [9.17, 15) is 14.9 Å². The maximum atomic E-state index is 12.0. The van der Waals surface area contributed by atoms with Crippen LogP contribution in [0, 0.1) is 10.1 Å². The molecule has 9 heteroatoms. The number of halogens is 1. The predicted octanol–water partition coefficient (Wildman–Crippen LogP) is 3.96. The van der Waals surface area contributed by atoms with E-state index in [1.807, 2.05) is 18.2 Å². The van der Waals surface area contributed by atoms with Crippen molar-refractivity contribution in [3.8, 4) is 0 Å². The Kier molecular flexibility index (Phi) is 4.81. The highest BCUT2D eigenvalue weighted by atomic mass is 79.9. The van der Waals surface area contributed by atoms with Crippen LogP contribution in [0.4, 0.5) is 11.4 Å². The third-order valence-electron chi connectivity index (χ3n) is 3.14. The van der Waals surface area contributed by atoms with E-state index in [4.69, 9.17) is 0 Å². The smallest absolute Gasteiger partial charge is 0.271 e. The first kappa shape index (κ1) is 16.5. The molecule has 0 radical (unpaired) electrons. The fourth-order valence-corrected chi connectivity index (χ4v) is 3.11. The monoisotopic (exact) mass is 406 g/mol. The average Bonchev–Trinajstić information content (AvgIpc) is 2.97. The predicted molar refractivity (Wildman–Crippen MR) is 96.2 cm³/mol. The number of hydrogen-bond acceptors (Lipinski definition) is 5. The van der Waals surface area contributed by atoms with Gasteiger partial charge in [0.15, 0.2) is 5.16 Å². The van der Waals surface area contributed by atoms with Gasteiger partial charge in [-0.25, -0.2) is 4.98 Å². The van der Waals surface area contributed by atoms with Crippen LogP contribution in [0.3, 0.4) is 0 Å². The van der Waals surface area contributed by atoms with Gasteiger partial charge in [-0.2, -0.15) is 0 Å². The lowest BCUT2D eigenvalue weighted by Gasteiger charge is -2.05. The number of anilines is 1. The number of H-pyrrole nitrogens is 1. The number of nitrogens with zero attached hydrogens (tertiary/aromatic N) is 2. The maximum Gasteiger partial charge on any atom is 0.271 e. The van der Waals surface area contributed by atoms with Crippen molar-refractivity contribution < 1.29 is 9.72 Å². The van der Waals surface area contributed by atoms with Crippen LogP contribution in [0.2, 0.25) is 0 Å². The number of para-hydroxylation sites is 1. The number of carbonyl (C=O) groups is 1. The molecule has 2 aromatic carbocycles. The van der Waals surface area contributed by atoms with Crippen molar-refractivity contribution in [1.82, 2.24) is 9.97 Å². The molecule has 3 aromatic rings. The van der Waals surface area contributed by atoms with Crippen LogP contribution in [-0.2, 0) is 4.79 Å². The van der Waals surface area contributed by atoms with E-state index >= 15 is 0 Å². The van der Waals surface area contributed by atoms with Crippen molar-refractivity contribution in [3.05, 3.63) is 57.1 Å². The van der Waals surface area contributed by atoms with E-state index in [0.717, 1.165) is 4.47 Å². The molecule has 0 aliphatic carbocycles. The first-order chi connectivity index (χ1) is 11.5. The summed E-state index contributed by atoms with van der Waals surface area (Å²) in [5, 5.41) is 14.1. The lowest BCUT2D eigenvalue weighted by Crippen LogP contribution is -2.14. The van der Waals surface area contributed by atoms with E-state index < -0.39 is 4.92 Å². The number of thioether (sulfide) groups is 1. The molecule has 0 aliphatic rings. The molecule has 1 aromatic heterocycles. The number of amides is 1. The quantitative estimate of drug-likeness (QED) is 0.379. The van der Waals surface area contributed by atoms with Crippen molar-refractivity contribution in [2.75, 3.05) is 11.1 Å². The normalized spacial score (nSPS) is 10.7. The Bertz CT molecular complexity index is 928. The van der Waals surface area contributed by atoms with Crippen LogP contribution >= 0.6 is 27.7 Å². The zero-order valence-electron chi connectivity index (χ0n) is 12.2. The molecule has 1 amide bonds. The SMILES string of the molecule is O=C(CSc1nc2ccc([N+](=O)[O-])cc2[nH]1)Nc1ccccc1Br. The first-order valence-corrected chi connectivity index (χ1v) is 8.62. The molecular weight excluding hydrogens is 396 g/mol. The second-order valence-corrected chi connectivity index (χ2v) is 6.64. The van der Waals surface area contributed by atoms with E-state index in [-0.39, 0.29) is 17.3 Å². The van der Waals surface area contributed by atoms with Crippen LogP contribution in [0.15, 0.2) is 52.1 Å². The standard InChI is InChI=1S/C15H11BrN4O3S/c16-10-3-1-2-4-11(10)17-14(21)8-24-15-18-12-6-5-9(20(22)23)7-13(12)19-15/h1-7H,8H2,(H,17,21)(H,18,19). The molecule has 0 unspecified atom stereocenters. The summed E-state index contributed by atoms with van der Waals surface area (Å²) in [6, 6.07) is 11.7. The van der Waals surface area contributed by atoms with Crippen LogP contribution in [0.1, 0.15) is 0 Å². The summed E-state index contributed by atoms with van der Waals surface area (Å²) in [5.41, 5.74) is 1.88. The number of aromatic amines is 1. The summed E-state index contributed by atoms with van der Waals surface area (Å²) in [6.07, 6.45) is 0. The van der Waals surface area contributed by atoms with E-state index in [2.05, 4.69) is 31.2 Å². The Hall–Kier alpha value is -2.39. The van der Waals surface area contributed by atoms with Gasteiger partial charge in [0, 0.05) is 16.6 Å². The molecule has 24 heavy (non-hydrogen) atoms.